The molecule has 2 aromatic rings. The first-order chi connectivity index (χ1) is 12.1. The molecule has 2 aromatic heterocycles. The topological polar surface area (TPSA) is 105 Å². The summed E-state index contributed by atoms with van der Waals surface area (Å²) in [5, 5.41) is 21.4. The Morgan fingerprint density at radius 2 is 2.08 bits per heavy atom. The minimum atomic E-state index is -0.713. The Labute approximate surface area is 151 Å². The van der Waals surface area contributed by atoms with Crippen LogP contribution in [0.15, 0.2) is 10.9 Å². The molecule has 0 radical (unpaired) electrons. The SMILES string of the molecule is CC(C)c1cc2c(=O)n(CC(=O)NC3CC(C)(O)C3)nc(N(C)C)n2n1. The van der Waals surface area contributed by atoms with Gasteiger partial charge in [0.2, 0.25) is 11.9 Å². The Morgan fingerprint density at radius 1 is 1.42 bits per heavy atom. The fourth-order valence-electron chi connectivity index (χ4n) is 3.21. The Hall–Kier alpha value is -2.42. The summed E-state index contributed by atoms with van der Waals surface area (Å²) in [5.74, 6) is 0.358. The largest absolute Gasteiger partial charge is 0.390 e. The molecule has 1 amide bonds. The molecule has 3 rings (SSSR count). The number of carbonyl (C=O) groups is 1. The van der Waals surface area contributed by atoms with Gasteiger partial charge in [-0.25, -0.2) is 4.68 Å². The van der Waals surface area contributed by atoms with Crippen LogP contribution in [0.4, 0.5) is 5.95 Å². The minimum absolute atomic E-state index is 0.0623. The van der Waals surface area contributed by atoms with Crippen molar-refractivity contribution in [3.8, 4) is 0 Å². The van der Waals surface area contributed by atoms with Gasteiger partial charge in [0.05, 0.1) is 11.3 Å². The van der Waals surface area contributed by atoms with E-state index in [4.69, 9.17) is 0 Å². The number of anilines is 1. The monoisotopic (exact) mass is 362 g/mol. The predicted octanol–water partition coefficient (Wildman–Crippen LogP) is 0.110. The molecule has 1 fully saturated rings. The number of nitrogens with one attached hydrogen (secondary N) is 1. The molecule has 0 unspecified atom stereocenters. The normalized spacial score (nSPS) is 22.5. The zero-order chi connectivity index (χ0) is 19.2. The first-order valence-corrected chi connectivity index (χ1v) is 8.77. The molecular weight excluding hydrogens is 336 g/mol. The lowest BCUT2D eigenvalue weighted by atomic mass is 9.77. The van der Waals surface area contributed by atoms with Crippen LogP contribution in [0.5, 0.6) is 0 Å². The van der Waals surface area contributed by atoms with Crippen LogP contribution in [0.1, 0.15) is 45.2 Å². The fourth-order valence-corrected chi connectivity index (χ4v) is 3.21. The van der Waals surface area contributed by atoms with Crippen LogP contribution in [0.2, 0.25) is 0 Å². The molecule has 0 aromatic carbocycles. The summed E-state index contributed by atoms with van der Waals surface area (Å²) in [6, 6.07) is 1.69. The quantitative estimate of drug-likeness (QED) is 0.782. The van der Waals surface area contributed by atoms with E-state index >= 15 is 0 Å². The number of amides is 1. The second-order valence-electron chi connectivity index (χ2n) is 7.85. The highest BCUT2D eigenvalue weighted by molar-refractivity contribution is 5.76. The Bertz CT molecular complexity index is 888. The molecule has 1 aliphatic carbocycles. The lowest BCUT2D eigenvalue weighted by Crippen LogP contribution is -2.54. The van der Waals surface area contributed by atoms with Gasteiger partial charge in [0.15, 0.2) is 0 Å². The van der Waals surface area contributed by atoms with E-state index in [1.54, 1.807) is 17.9 Å². The highest BCUT2D eigenvalue weighted by Gasteiger charge is 2.39. The third-order valence-electron chi connectivity index (χ3n) is 4.60. The number of hydrogen-bond donors (Lipinski definition) is 2. The van der Waals surface area contributed by atoms with Gasteiger partial charge >= 0.3 is 0 Å². The Kier molecular flexibility index (Phi) is 4.51. The molecule has 2 N–H and O–H groups in total. The van der Waals surface area contributed by atoms with Crippen LogP contribution in [-0.4, -0.2) is 56.1 Å². The van der Waals surface area contributed by atoms with Crippen LogP contribution < -0.4 is 15.8 Å². The van der Waals surface area contributed by atoms with Crippen LogP contribution in [0.25, 0.3) is 5.52 Å². The third-order valence-corrected chi connectivity index (χ3v) is 4.60. The van der Waals surface area contributed by atoms with Gasteiger partial charge in [-0.05, 0) is 31.7 Å². The van der Waals surface area contributed by atoms with Crippen LogP contribution in [0, 0.1) is 0 Å². The average molecular weight is 362 g/mol. The molecule has 0 aliphatic heterocycles. The summed E-state index contributed by atoms with van der Waals surface area (Å²) in [6.45, 7) is 5.58. The van der Waals surface area contributed by atoms with Crippen LogP contribution in [-0.2, 0) is 11.3 Å². The number of nitrogens with zero attached hydrogens (tertiary/aromatic N) is 5. The number of hydrogen-bond acceptors (Lipinski definition) is 6. The van der Waals surface area contributed by atoms with E-state index in [1.165, 1.54) is 9.20 Å². The van der Waals surface area contributed by atoms with Gasteiger partial charge < -0.3 is 15.3 Å². The maximum Gasteiger partial charge on any atom is 0.293 e. The van der Waals surface area contributed by atoms with Crippen molar-refractivity contribution in [1.29, 1.82) is 0 Å². The van der Waals surface area contributed by atoms with Crippen molar-refractivity contribution in [3.63, 3.8) is 0 Å². The second kappa shape index (κ2) is 6.39. The van der Waals surface area contributed by atoms with Crippen molar-refractivity contribution in [2.24, 2.45) is 0 Å². The van der Waals surface area contributed by atoms with Gasteiger partial charge in [0, 0.05) is 20.1 Å². The molecule has 0 atom stereocenters. The van der Waals surface area contributed by atoms with Gasteiger partial charge in [0.25, 0.3) is 5.56 Å². The average Bonchev–Trinajstić information content (AvgIpc) is 2.93. The zero-order valence-corrected chi connectivity index (χ0v) is 15.9. The smallest absolute Gasteiger partial charge is 0.293 e. The van der Waals surface area contributed by atoms with Gasteiger partial charge in [-0.15, -0.1) is 5.10 Å². The van der Waals surface area contributed by atoms with Crippen molar-refractivity contribution in [1.82, 2.24) is 24.7 Å². The number of carbonyl (C=O) groups excluding carboxylic acids is 1. The van der Waals surface area contributed by atoms with Crippen molar-refractivity contribution in [3.05, 3.63) is 22.1 Å². The third kappa shape index (κ3) is 3.44. The summed E-state index contributed by atoms with van der Waals surface area (Å²) in [7, 11) is 3.62. The summed E-state index contributed by atoms with van der Waals surface area (Å²) in [5.41, 5.74) is 0.123. The molecule has 1 saturated carbocycles. The maximum absolute atomic E-state index is 12.7. The molecule has 9 nitrogen and oxygen atoms in total. The second-order valence-corrected chi connectivity index (χ2v) is 7.85. The summed E-state index contributed by atoms with van der Waals surface area (Å²) >= 11 is 0. The van der Waals surface area contributed by atoms with Crippen molar-refractivity contribution < 1.29 is 9.90 Å². The van der Waals surface area contributed by atoms with E-state index in [1.807, 2.05) is 27.9 Å². The molecule has 2 heterocycles. The van der Waals surface area contributed by atoms with Gasteiger partial charge in [-0.3, -0.25) is 9.59 Å². The maximum atomic E-state index is 12.7. The first-order valence-electron chi connectivity index (χ1n) is 8.77. The number of aromatic nitrogens is 4. The van der Waals surface area contributed by atoms with E-state index < -0.39 is 5.60 Å². The standard InChI is InChI=1S/C17H26N6O3/c1-10(2)12-6-13-15(25)22(20-16(21(4)5)23(13)19-12)9-14(24)18-11-7-17(3,26)8-11/h6,10-11,26H,7-9H2,1-5H3,(H,18,24). The van der Waals surface area contributed by atoms with E-state index in [9.17, 15) is 14.7 Å². The van der Waals surface area contributed by atoms with Gasteiger partial charge in [-0.1, -0.05) is 13.8 Å². The van der Waals surface area contributed by atoms with Crippen molar-refractivity contribution in [2.45, 2.75) is 57.7 Å². The Morgan fingerprint density at radius 3 is 2.62 bits per heavy atom. The molecule has 0 spiro atoms. The predicted molar refractivity (Wildman–Crippen MR) is 97.5 cm³/mol. The van der Waals surface area contributed by atoms with E-state index in [0.29, 0.717) is 24.3 Å². The number of rotatable bonds is 5. The van der Waals surface area contributed by atoms with Crippen LogP contribution >= 0.6 is 0 Å². The van der Waals surface area contributed by atoms with Crippen LogP contribution in [0.3, 0.4) is 0 Å². The summed E-state index contributed by atoms with van der Waals surface area (Å²) in [6.07, 6.45) is 1.03. The summed E-state index contributed by atoms with van der Waals surface area (Å²) in [4.78, 5) is 26.8. The van der Waals surface area contributed by atoms with Gasteiger partial charge in [-0.2, -0.15) is 9.61 Å². The van der Waals surface area contributed by atoms with Crippen molar-refractivity contribution >= 4 is 17.4 Å². The highest BCUT2D eigenvalue weighted by Crippen LogP contribution is 2.31. The van der Waals surface area contributed by atoms with E-state index in [0.717, 1.165) is 5.69 Å². The zero-order valence-electron chi connectivity index (χ0n) is 15.9. The molecular formula is C17H26N6O3. The number of aliphatic hydroxyl groups is 1. The summed E-state index contributed by atoms with van der Waals surface area (Å²) < 4.78 is 2.69. The van der Waals surface area contributed by atoms with Gasteiger partial charge in [0.1, 0.15) is 12.1 Å². The molecule has 9 heteroatoms. The molecule has 26 heavy (non-hydrogen) atoms. The lowest BCUT2D eigenvalue weighted by molar-refractivity contribution is -0.125. The molecule has 0 saturated heterocycles. The lowest BCUT2D eigenvalue weighted by Gasteiger charge is -2.41. The Balaban J connectivity index is 1.89. The number of fused-ring (bicyclic) bond motifs is 1. The molecule has 0 bridgehead atoms. The minimum Gasteiger partial charge on any atom is -0.390 e. The fraction of sp³-hybridized carbons (Fsp3) is 0.647. The first kappa shape index (κ1) is 18.4. The molecule has 1 aliphatic rings. The highest BCUT2D eigenvalue weighted by atomic mass is 16.3. The van der Waals surface area contributed by atoms with E-state index in [-0.39, 0.29) is 30.0 Å². The van der Waals surface area contributed by atoms with Crippen molar-refractivity contribution in [2.75, 3.05) is 19.0 Å². The molecule has 142 valence electrons. The van der Waals surface area contributed by atoms with E-state index in [2.05, 4.69) is 15.5 Å².